The third-order valence-corrected chi connectivity index (χ3v) is 6.16. The molecule has 3 aromatic carbocycles. The first-order valence-corrected chi connectivity index (χ1v) is 10.6. The number of hydrogen-bond donors (Lipinski definition) is 0. The number of ether oxygens (including phenoxy) is 3. The summed E-state index contributed by atoms with van der Waals surface area (Å²) in [7, 11) is 3.04. The monoisotopic (exact) mass is 480 g/mol. The number of carbonyl (C=O) groups excluding carboxylic acids is 2. The number of carbonyl (C=O) groups is 2. The molecule has 0 amide bonds. The third-order valence-electron chi connectivity index (χ3n) is 5.63. The Morgan fingerprint density at radius 2 is 1.74 bits per heavy atom. The standard InChI is InChI=1S/C25H21BrO5/c1-29-19-14-21(30-2)23-22(15-19)31-25(24(23)28,17-8-10-18(26)11-9-17)20(12-13-27)16-6-4-3-5-7-16/h3-11,13-15,20H,12H2,1-2H3/t20-,25+/m1/s1. The van der Waals surface area contributed by atoms with Gasteiger partial charge in [0, 0.05) is 34.5 Å². The molecular formula is C25H21BrO5. The minimum atomic E-state index is -1.43. The Balaban J connectivity index is 1.99. The minimum absolute atomic E-state index is 0.110. The predicted octanol–water partition coefficient (Wildman–Crippen LogP) is 5.31. The number of halogens is 1. The molecule has 6 heteroatoms. The lowest BCUT2D eigenvalue weighted by Crippen LogP contribution is -2.43. The molecular weight excluding hydrogens is 460 g/mol. The highest BCUT2D eigenvalue weighted by atomic mass is 79.9. The van der Waals surface area contributed by atoms with Gasteiger partial charge in [-0.15, -0.1) is 0 Å². The second-order valence-electron chi connectivity index (χ2n) is 7.24. The van der Waals surface area contributed by atoms with Gasteiger partial charge in [0.2, 0.25) is 11.4 Å². The maximum atomic E-state index is 14.1. The molecule has 1 aliphatic rings. The number of rotatable bonds is 7. The molecule has 0 unspecified atom stereocenters. The van der Waals surface area contributed by atoms with Crippen molar-refractivity contribution in [3.05, 3.63) is 87.9 Å². The zero-order valence-electron chi connectivity index (χ0n) is 17.1. The van der Waals surface area contributed by atoms with E-state index in [2.05, 4.69) is 15.9 Å². The third kappa shape index (κ3) is 3.51. The van der Waals surface area contributed by atoms with Crippen LogP contribution in [0, 0.1) is 0 Å². The van der Waals surface area contributed by atoms with Crippen LogP contribution in [-0.4, -0.2) is 26.3 Å². The van der Waals surface area contributed by atoms with Crippen molar-refractivity contribution < 1.29 is 23.8 Å². The fourth-order valence-corrected chi connectivity index (χ4v) is 4.46. The number of hydrogen-bond acceptors (Lipinski definition) is 5. The van der Waals surface area contributed by atoms with E-state index in [1.165, 1.54) is 7.11 Å². The molecule has 1 aliphatic heterocycles. The van der Waals surface area contributed by atoms with Gasteiger partial charge in [0.25, 0.3) is 0 Å². The molecule has 0 aromatic heterocycles. The lowest BCUT2D eigenvalue weighted by atomic mass is 9.72. The van der Waals surface area contributed by atoms with Crippen molar-refractivity contribution in [2.45, 2.75) is 17.9 Å². The average Bonchev–Trinajstić information content (AvgIpc) is 3.10. The molecule has 2 atom stereocenters. The molecule has 5 nitrogen and oxygen atoms in total. The lowest BCUT2D eigenvalue weighted by molar-refractivity contribution is -0.109. The molecule has 158 valence electrons. The van der Waals surface area contributed by atoms with E-state index in [0.717, 1.165) is 16.3 Å². The number of benzene rings is 3. The minimum Gasteiger partial charge on any atom is -0.496 e. The van der Waals surface area contributed by atoms with Crippen molar-refractivity contribution in [2.24, 2.45) is 0 Å². The average molecular weight is 481 g/mol. The Morgan fingerprint density at radius 3 is 2.35 bits per heavy atom. The van der Waals surface area contributed by atoms with E-state index in [1.54, 1.807) is 19.2 Å². The molecule has 1 heterocycles. The summed E-state index contributed by atoms with van der Waals surface area (Å²) in [5, 5.41) is 0. The molecule has 0 aliphatic carbocycles. The molecule has 0 saturated heterocycles. The molecule has 0 N–H and O–H groups in total. The van der Waals surface area contributed by atoms with Crippen molar-refractivity contribution >= 4 is 28.0 Å². The van der Waals surface area contributed by atoms with E-state index in [-0.39, 0.29) is 12.2 Å². The van der Waals surface area contributed by atoms with E-state index >= 15 is 0 Å². The van der Waals surface area contributed by atoms with Crippen LogP contribution in [0.5, 0.6) is 17.2 Å². The summed E-state index contributed by atoms with van der Waals surface area (Å²) in [5.74, 6) is 0.469. The summed E-state index contributed by atoms with van der Waals surface area (Å²) < 4.78 is 18.2. The normalized spacial score (nSPS) is 18.1. The van der Waals surface area contributed by atoms with Crippen LogP contribution in [0.3, 0.4) is 0 Å². The van der Waals surface area contributed by atoms with Crippen molar-refractivity contribution in [3.8, 4) is 17.2 Å². The quantitative estimate of drug-likeness (QED) is 0.428. The Bertz CT molecular complexity index is 1110. The molecule has 0 radical (unpaired) electrons. The molecule has 4 rings (SSSR count). The predicted molar refractivity (Wildman–Crippen MR) is 120 cm³/mol. The van der Waals surface area contributed by atoms with Crippen molar-refractivity contribution in [1.29, 1.82) is 0 Å². The highest BCUT2D eigenvalue weighted by Crippen LogP contribution is 2.53. The van der Waals surface area contributed by atoms with Gasteiger partial charge in [-0.1, -0.05) is 58.4 Å². The van der Waals surface area contributed by atoms with Gasteiger partial charge in [-0.2, -0.15) is 0 Å². The van der Waals surface area contributed by atoms with Gasteiger partial charge in [-0.3, -0.25) is 4.79 Å². The van der Waals surface area contributed by atoms with Gasteiger partial charge in [-0.05, 0) is 17.7 Å². The first-order chi connectivity index (χ1) is 15.0. The maximum absolute atomic E-state index is 14.1. The molecule has 3 aromatic rings. The van der Waals surface area contributed by atoms with Gasteiger partial charge >= 0.3 is 0 Å². The number of Topliss-reactive ketones (excluding diaryl/α,β-unsaturated/α-hetero) is 1. The van der Waals surface area contributed by atoms with Crippen LogP contribution >= 0.6 is 15.9 Å². The summed E-state index contributed by atoms with van der Waals surface area (Å²) >= 11 is 3.45. The highest BCUT2D eigenvalue weighted by molar-refractivity contribution is 9.10. The number of aldehydes is 1. The first-order valence-electron chi connectivity index (χ1n) is 9.79. The van der Waals surface area contributed by atoms with Crippen LogP contribution in [0.25, 0.3) is 0 Å². The smallest absolute Gasteiger partial charge is 0.219 e. The zero-order chi connectivity index (χ0) is 22.0. The van der Waals surface area contributed by atoms with Crippen LogP contribution in [-0.2, 0) is 10.4 Å². The topological polar surface area (TPSA) is 61.8 Å². The van der Waals surface area contributed by atoms with Gasteiger partial charge < -0.3 is 19.0 Å². The van der Waals surface area contributed by atoms with Gasteiger partial charge in [0.05, 0.1) is 14.2 Å². The fraction of sp³-hybridized carbons (Fsp3) is 0.200. The number of methoxy groups -OCH3 is 2. The van der Waals surface area contributed by atoms with Crippen molar-refractivity contribution in [2.75, 3.05) is 14.2 Å². The lowest BCUT2D eigenvalue weighted by Gasteiger charge is -2.35. The van der Waals surface area contributed by atoms with E-state index < -0.39 is 11.5 Å². The summed E-state index contributed by atoms with van der Waals surface area (Å²) in [4.78, 5) is 25.9. The van der Waals surface area contributed by atoms with E-state index in [0.29, 0.717) is 28.4 Å². The Hall–Kier alpha value is -3.12. The Labute approximate surface area is 189 Å². The molecule has 0 bridgehead atoms. The van der Waals surface area contributed by atoms with Crippen molar-refractivity contribution in [3.63, 3.8) is 0 Å². The van der Waals surface area contributed by atoms with Crippen molar-refractivity contribution in [1.82, 2.24) is 0 Å². The zero-order valence-corrected chi connectivity index (χ0v) is 18.7. The summed E-state index contributed by atoms with van der Waals surface area (Å²) in [6.45, 7) is 0. The number of fused-ring (bicyclic) bond motifs is 1. The van der Waals surface area contributed by atoms with Gasteiger partial charge in [0.15, 0.2) is 0 Å². The second-order valence-corrected chi connectivity index (χ2v) is 8.16. The fourth-order valence-electron chi connectivity index (χ4n) is 4.19. The Kier molecular flexibility index (Phi) is 5.83. The summed E-state index contributed by atoms with van der Waals surface area (Å²) in [5.41, 5.74) is 0.418. The molecule has 0 fully saturated rings. The van der Waals surface area contributed by atoms with Gasteiger partial charge in [0.1, 0.15) is 29.1 Å². The maximum Gasteiger partial charge on any atom is 0.219 e. The molecule has 31 heavy (non-hydrogen) atoms. The molecule has 0 spiro atoms. The van der Waals surface area contributed by atoms with Crippen LogP contribution in [0.15, 0.2) is 71.2 Å². The number of ketones is 1. The van der Waals surface area contributed by atoms with E-state index in [1.807, 2.05) is 54.6 Å². The summed E-state index contributed by atoms with van der Waals surface area (Å²) in [6, 6.07) is 20.2. The molecule has 0 saturated carbocycles. The highest BCUT2D eigenvalue weighted by Gasteiger charge is 2.56. The second kappa shape index (κ2) is 8.55. The van der Waals surface area contributed by atoms with Crippen LogP contribution in [0.2, 0.25) is 0 Å². The summed E-state index contributed by atoms with van der Waals surface area (Å²) in [6.07, 6.45) is 0.939. The van der Waals surface area contributed by atoms with Crippen LogP contribution in [0.1, 0.15) is 33.8 Å². The SMILES string of the molecule is COc1cc(OC)c2c(c1)O[C@@](c1ccc(Br)cc1)([C@H](CC=O)c1ccccc1)C2=O. The first kappa shape index (κ1) is 21.1. The van der Waals surface area contributed by atoms with Gasteiger partial charge in [-0.25, -0.2) is 0 Å². The van der Waals surface area contributed by atoms with Crippen LogP contribution < -0.4 is 14.2 Å². The van der Waals surface area contributed by atoms with E-state index in [9.17, 15) is 9.59 Å². The Morgan fingerprint density at radius 1 is 1.03 bits per heavy atom. The van der Waals surface area contributed by atoms with Crippen LogP contribution in [0.4, 0.5) is 0 Å². The van der Waals surface area contributed by atoms with E-state index in [4.69, 9.17) is 14.2 Å². The largest absolute Gasteiger partial charge is 0.496 e.